The lowest BCUT2D eigenvalue weighted by molar-refractivity contribution is 0.626. The molecule has 0 saturated heterocycles. The number of aromatic nitrogens is 3. The molecule has 0 amide bonds. The minimum atomic E-state index is -0.271. The number of hydrogen-bond donors (Lipinski definition) is 0. The van der Waals surface area contributed by atoms with E-state index in [9.17, 15) is 4.39 Å². The molecule has 0 atom stereocenters. The second kappa shape index (κ2) is 5.89. The molecule has 24 heavy (non-hydrogen) atoms. The molecule has 4 aromatic rings. The highest BCUT2D eigenvalue weighted by atomic mass is 19.1. The van der Waals surface area contributed by atoms with Crippen LogP contribution in [0.25, 0.3) is 16.9 Å². The molecule has 118 valence electrons. The minimum absolute atomic E-state index is 0.271. The summed E-state index contributed by atoms with van der Waals surface area (Å²) >= 11 is 0. The van der Waals surface area contributed by atoms with Gasteiger partial charge in [0, 0.05) is 12.6 Å². The Balaban J connectivity index is 1.92. The molecule has 2 heterocycles. The van der Waals surface area contributed by atoms with Crippen molar-refractivity contribution in [3.05, 3.63) is 89.6 Å². The van der Waals surface area contributed by atoms with Gasteiger partial charge >= 0.3 is 0 Å². The summed E-state index contributed by atoms with van der Waals surface area (Å²) in [6.07, 6.45) is 2.40. The molecule has 2 aromatic carbocycles. The lowest BCUT2D eigenvalue weighted by Gasteiger charge is -2.10. The molecule has 0 N–H and O–H groups in total. The monoisotopic (exact) mass is 317 g/mol. The molecule has 0 bridgehead atoms. The number of halogens is 1. The smallest absolute Gasteiger partial charge is 0.164 e. The normalized spacial score (nSPS) is 11.1. The van der Waals surface area contributed by atoms with E-state index in [0.29, 0.717) is 6.42 Å². The van der Waals surface area contributed by atoms with Gasteiger partial charge in [-0.1, -0.05) is 30.3 Å². The van der Waals surface area contributed by atoms with Gasteiger partial charge in [-0.15, -0.1) is 0 Å². The summed E-state index contributed by atoms with van der Waals surface area (Å²) < 4.78 is 15.7. The predicted molar refractivity (Wildman–Crippen MR) is 92.8 cm³/mol. The highest BCUT2D eigenvalue weighted by molar-refractivity contribution is 5.74. The molecule has 0 aliphatic carbocycles. The second-order valence-electron chi connectivity index (χ2n) is 5.79. The fourth-order valence-corrected chi connectivity index (χ4v) is 2.94. The average Bonchev–Trinajstić information content (AvgIpc) is 2.95. The van der Waals surface area contributed by atoms with Crippen molar-refractivity contribution in [1.82, 2.24) is 14.5 Å². The summed E-state index contributed by atoms with van der Waals surface area (Å²) in [5, 5.41) is 0. The molecule has 2 aromatic heterocycles. The Kier molecular flexibility index (Phi) is 3.58. The van der Waals surface area contributed by atoms with Crippen molar-refractivity contribution in [3.63, 3.8) is 0 Å². The van der Waals surface area contributed by atoms with E-state index < -0.39 is 0 Å². The zero-order valence-corrected chi connectivity index (χ0v) is 13.3. The first-order valence-corrected chi connectivity index (χ1v) is 7.85. The van der Waals surface area contributed by atoms with Crippen molar-refractivity contribution in [1.29, 1.82) is 0 Å². The number of nitrogens with zero attached hydrogens (tertiary/aromatic N) is 3. The number of benzene rings is 2. The molecular weight excluding hydrogens is 301 g/mol. The van der Waals surface area contributed by atoms with Crippen molar-refractivity contribution in [2.75, 3.05) is 0 Å². The molecule has 0 radical (unpaired) electrons. The van der Waals surface area contributed by atoms with Crippen molar-refractivity contribution in [2.24, 2.45) is 0 Å². The number of imidazole rings is 1. The zero-order valence-electron chi connectivity index (χ0n) is 13.3. The topological polar surface area (TPSA) is 30.7 Å². The van der Waals surface area contributed by atoms with Gasteiger partial charge in [0.2, 0.25) is 0 Å². The third-order valence-electron chi connectivity index (χ3n) is 4.16. The van der Waals surface area contributed by atoms with Gasteiger partial charge in [-0.3, -0.25) is 4.57 Å². The second-order valence-corrected chi connectivity index (χ2v) is 5.79. The first-order chi connectivity index (χ1) is 11.7. The van der Waals surface area contributed by atoms with Crippen molar-refractivity contribution < 1.29 is 4.39 Å². The minimum Gasteiger partial charge on any atom is -0.280 e. The van der Waals surface area contributed by atoms with Gasteiger partial charge in [0.25, 0.3) is 0 Å². The van der Waals surface area contributed by atoms with Crippen LogP contribution in [0, 0.1) is 12.7 Å². The lowest BCUT2D eigenvalue weighted by Crippen LogP contribution is -2.04. The third kappa shape index (κ3) is 2.56. The van der Waals surface area contributed by atoms with E-state index in [4.69, 9.17) is 4.98 Å². The quantitative estimate of drug-likeness (QED) is 0.558. The van der Waals surface area contributed by atoms with E-state index in [0.717, 1.165) is 22.7 Å². The molecule has 3 nitrogen and oxygen atoms in total. The van der Waals surface area contributed by atoms with Crippen LogP contribution in [0.4, 0.5) is 4.39 Å². The molecule has 0 saturated carbocycles. The Morgan fingerprint density at radius 2 is 1.88 bits per heavy atom. The van der Waals surface area contributed by atoms with Crippen LogP contribution >= 0.6 is 0 Å². The van der Waals surface area contributed by atoms with Crippen LogP contribution < -0.4 is 0 Å². The number of rotatable bonds is 3. The Morgan fingerprint density at radius 3 is 2.71 bits per heavy atom. The molecule has 0 fully saturated rings. The predicted octanol–water partition coefficient (Wildman–Crippen LogP) is 4.46. The van der Waals surface area contributed by atoms with Gasteiger partial charge in [-0.2, -0.15) is 0 Å². The van der Waals surface area contributed by atoms with Crippen LogP contribution in [0.5, 0.6) is 0 Å². The Hall–Kier alpha value is -3.01. The van der Waals surface area contributed by atoms with E-state index >= 15 is 0 Å². The van der Waals surface area contributed by atoms with Crippen molar-refractivity contribution in [2.45, 2.75) is 13.3 Å². The zero-order chi connectivity index (χ0) is 16.5. The largest absolute Gasteiger partial charge is 0.280 e. The van der Waals surface area contributed by atoms with Gasteiger partial charge in [0.15, 0.2) is 5.65 Å². The third-order valence-corrected chi connectivity index (χ3v) is 4.16. The molecule has 4 rings (SSSR count). The van der Waals surface area contributed by atoms with E-state index in [1.165, 1.54) is 23.3 Å². The highest BCUT2D eigenvalue weighted by Crippen LogP contribution is 2.23. The molecule has 0 unspecified atom stereocenters. The van der Waals surface area contributed by atoms with Crippen LogP contribution in [-0.2, 0) is 6.42 Å². The van der Waals surface area contributed by atoms with Gasteiger partial charge in [0.1, 0.15) is 17.2 Å². The van der Waals surface area contributed by atoms with Crippen LogP contribution in [0.15, 0.2) is 66.9 Å². The summed E-state index contributed by atoms with van der Waals surface area (Å²) in [5.41, 5.74) is 4.70. The molecule has 0 aliphatic heterocycles. The highest BCUT2D eigenvalue weighted by Gasteiger charge is 2.14. The first-order valence-electron chi connectivity index (χ1n) is 7.85. The molecule has 0 aliphatic rings. The lowest BCUT2D eigenvalue weighted by atomic mass is 10.1. The maximum atomic E-state index is 13.7. The van der Waals surface area contributed by atoms with Crippen LogP contribution in [0.3, 0.4) is 0 Å². The Morgan fingerprint density at radius 1 is 1.00 bits per heavy atom. The van der Waals surface area contributed by atoms with Crippen LogP contribution in [0.2, 0.25) is 0 Å². The summed E-state index contributed by atoms with van der Waals surface area (Å²) in [7, 11) is 0. The number of pyridine rings is 1. The number of aryl methyl sites for hydroxylation is 1. The summed E-state index contributed by atoms with van der Waals surface area (Å²) in [4.78, 5) is 9.18. The molecule has 0 spiro atoms. The summed E-state index contributed by atoms with van der Waals surface area (Å²) in [5.74, 6) is 0.579. The maximum absolute atomic E-state index is 13.7. The van der Waals surface area contributed by atoms with Crippen LogP contribution in [-0.4, -0.2) is 14.5 Å². The van der Waals surface area contributed by atoms with Gasteiger partial charge < -0.3 is 0 Å². The van der Waals surface area contributed by atoms with Crippen LogP contribution in [0.1, 0.15) is 17.0 Å². The van der Waals surface area contributed by atoms with Gasteiger partial charge in [-0.05, 0) is 48.4 Å². The fourth-order valence-electron chi connectivity index (χ4n) is 2.94. The fraction of sp³-hybridized carbons (Fsp3) is 0.100. The first kappa shape index (κ1) is 14.6. The van der Waals surface area contributed by atoms with Crippen molar-refractivity contribution >= 4 is 11.2 Å². The van der Waals surface area contributed by atoms with Crippen molar-refractivity contribution in [3.8, 4) is 5.69 Å². The maximum Gasteiger partial charge on any atom is 0.164 e. The molecule has 4 heteroatoms. The SMILES string of the molecule is Cc1ccccc1Cc1nc2cccnc2n1-c1cccc(F)c1. The Bertz CT molecular complexity index is 1020. The Labute approximate surface area is 139 Å². The molecular formula is C20H16FN3. The number of hydrogen-bond acceptors (Lipinski definition) is 2. The van der Waals surface area contributed by atoms with E-state index in [2.05, 4.69) is 24.0 Å². The van der Waals surface area contributed by atoms with Gasteiger partial charge in [0.05, 0.1) is 5.69 Å². The van der Waals surface area contributed by atoms with E-state index in [-0.39, 0.29) is 5.82 Å². The van der Waals surface area contributed by atoms with E-state index in [1.807, 2.05) is 34.9 Å². The van der Waals surface area contributed by atoms with E-state index in [1.54, 1.807) is 12.3 Å². The average molecular weight is 317 g/mol. The summed E-state index contributed by atoms with van der Waals surface area (Å²) in [6.45, 7) is 2.09. The summed E-state index contributed by atoms with van der Waals surface area (Å²) in [6, 6.07) is 18.6. The number of fused-ring (bicyclic) bond motifs is 1. The standard InChI is InChI=1S/C20H16FN3/c1-14-6-2-3-7-15(14)12-19-23-18-10-5-11-22-20(18)24(19)17-9-4-8-16(21)13-17/h2-11,13H,12H2,1H3. The van der Waals surface area contributed by atoms with Gasteiger partial charge in [-0.25, -0.2) is 14.4 Å².